The lowest BCUT2D eigenvalue weighted by Gasteiger charge is -2.02. The molecule has 5 aromatic rings. The summed E-state index contributed by atoms with van der Waals surface area (Å²) in [6.07, 6.45) is 1.72. The normalized spacial score (nSPS) is 9.52. The van der Waals surface area contributed by atoms with Crippen LogP contribution in [0.5, 0.6) is 0 Å². The Morgan fingerprint density at radius 3 is 0.786 bits per heavy atom. The first-order valence-corrected chi connectivity index (χ1v) is 13.6. The van der Waals surface area contributed by atoms with Crippen molar-refractivity contribution < 1.29 is 0 Å². The third-order valence-corrected chi connectivity index (χ3v) is 6.52. The lowest BCUT2D eigenvalue weighted by Crippen LogP contribution is -1.90. The third kappa shape index (κ3) is 8.47. The molecule has 0 fully saturated rings. The van der Waals surface area contributed by atoms with E-state index < -0.39 is 0 Å². The van der Waals surface area contributed by atoms with Gasteiger partial charge in [-0.1, -0.05) is 72.2 Å². The lowest BCUT2D eigenvalue weighted by atomic mass is 10.0. The molecule has 0 heterocycles. The number of anilines is 2. The van der Waals surface area contributed by atoms with Crippen LogP contribution in [0.3, 0.4) is 0 Å². The minimum atomic E-state index is 0.779. The molecule has 0 bridgehead atoms. The van der Waals surface area contributed by atoms with E-state index in [2.05, 4.69) is 95.9 Å². The fourth-order valence-electron chi connectivity index (χ4n) is 4.20. The maximum absolute atomic E-state index is 5.76. The van der Waals surface area contributed by atoms with Gasteiger partial charge in [-0.15, -0.1) is 0 Å². The van der Waals surface area contributed by atoms with E-state index in [4.69, 9.17) is 11.5 Å². The summed E-state index contributed by atoms with van der Waals surface area (Å²) in [7, 11) is 0. The number of nitrogens with two attached hydrogens (primary N) is 2. The highest BCUT2D eigenvalue weighted by atomic mass is 14.5. The van der Waals surface area contributed by atoms with Crippen LogP contribution in [-0.4, -0.2) is 0 Å². The maximum Gasteiger partial charge on any atom is 0.0314 e. The molecule has 0 radical (unpaired) electrons. The van der Waals surface area contributed by atoms with Crippen molar-refractivity contribution in [2.45, 2.75) is 12.8 Å². The monoisotopic (exact) mass is 536 g/mol. The summed E-state index contributed by atoms with van der Waals surface area (Å²) in [6.45, 7) is 0. The van der Waals surface area contributed by atoms with Crippen LogP contribution in [0.25, 0.3) is 0 Å². The van der Waals surface area contributed by atoms with Crippen molar-refractivity contribution in [3.63, 3.8) is 0 Å². The molecule has 0 aliphatic heterocycles. The van der Waals surface area contributed by atoms with Crippen LogP contribution in [0, 0.1) is 47.4 Å². The Bertz CT molecular complexity index is 1750. The molecule has 0 saturated heterocycles. The Labute approximate surface area is 248 Å². The van der Waals surface area contributed by atoms with Crippen molar-refractivity contribution in [1.82, 2.24) is 0 Å². The Morgan fingerprint density at radius 1 is 0.310 bits per heavy atom. The number of nitrogen functional groups attached to an aromatic ring is 2. The average Bonchev–Trinajstić information content (AvgIpc) is 3.02. The van der Waals surface area contributed by atoms with Gasteiger partial charge in [0.05, 0.1) is 0 Å². The van der Waals surface area contributed by atoms with Gasteiger partial charge in [-0.2, -0.15) is 0 Å². The fourth-order valence-corrected chi connectivity index (χ4v) is 4.20. The van der Waals surface area contributed by atoms with E-state index in [1.54, 1.807) is 0 Å². The number of hydrogen-bond acceptors (Lipinski definition) is 2. The van der Waals surface area contributed by atoms with Crippen LogP contribution in [0.15, 0.2) is 121 Å². The van der Waals surface area contributed by atoms with E-state index in [1.807, 2.05) is 72.8 Å². The van der Waals surface area contributed by atoms with E-state index in [1.165, 1.54) is 22.3 Å². The zero-order chi connectivity index (χ0) is 29.0. The van der Waals surface area contributed by atoms with E-state index >= 15 is 0 Å². The van der Waals surface area contributed by atoms with Crippen molar-refractivity contribution in [3.8, 4) is 47.4 Å². The van der Waals surface area contributed by atoms with E-state index in [0.29, 0.717) is 0 Å². The van der Waals surface area contributed by atoms with Gasteiger partial charge in [-0.25, -0.2) is 0 Å². The Morgan fingerprint density at radius 2 is 0.524 bits per heavy atom. The van der Waals surface area contributed by atoms with Crippen molar-refractivity contribution >= 4 is 11.4 Å². The standard InChI is InChI=1S/C40H28N2/c41-39-25-21-37(22-26-39)29-35-17-13-33(14-18-35)7-3-1-5-31-9-11-32(12-10-31)6-2-4-8-34-15-19-36(20-16-34)30-38-23-27-40(42)28-24-38/h9-28H,29-30,41-42H2. The number of benzene rings is 5. The minimum Gasteiger partial charge on any atom is -0.399 e. The summed E-state index contributed by atoms with van der Waals surface area (Å²) in [5, 5.41) is 0. The zero-order valence-electron chi connectivity index (χ0n) is 23.1. The molecular formula is C40H28N2. The Balaban J connectivity index is 1.11. The van der Waals surface area contributed by atoms with Gasteiger partial charge in [0.15, 0.2) is 0 Å². The molecule has 0 aliphatic carbocycles. The second-order valence-corrected chi connectivity index (χ2v) is 9.81. The van der Waals surface area contributed by atoms with Crippen LogP contribution >= 0.6 is 0 Å². The molecule has 4 N–H and O–H groups in total. The Kier molecular flexibility index (Phi) is 9.06. The summed E-state index contributed by atoms with van der Waals surface area (Å²) in [6, 6.07) is 40.2. The van der Waals surface area contributed by atoms with Crippen LogP contribution in [0.4, 0.5) is 11.4 Å². The van der Waals surface area contributed by atoms with Crippen molar-refractivity contribution in [2.75, 3.05) is 11.5 Å². The topological polar surface area (TPSA) is 52.0 Å². The summed E-state index contributed by atoms with van der Waals surface area (Å²) in [5.74, 6) is 24.1. The quantitative estimate of drug-likeness (QED) is 0.195. The van der Waals surface area contributed by atoms with Crippen molar-refractivity contribution in [3.05, 3.63) is 166 Å². The molecule has 2 nitrogen and oxygen atoms in total. The summed E-state index contributed by atoms with van der Waals surface area (Å²) in [5.41, 5.74) is 21.6. The molecule has 198 valence electrons. The van der Waals surface area contributed by atoms with Crippen molar-refractivity contribution in [2.24, 2.45) is 0 Å². The molecule has 0 amide bonds. The van der Waals surface area contributed by atoms with Gasteiger partial charge >= 0.3 is 0 Å². The molecule has 0 aromatic heterocycles. The predicted molar refractivity (Wildman–Crippen MR) is 174 cm³/mol. The first kappa shape index (κ1) is 27.5. The van der Waals surface area contributed by atoms with E-state index in [9.17, 15) is 0 Å². The van der Waals surface area contributed by atoms with Crippen molar-refractivity contribution in [1.29, 1.82) is 0 Å². The summed E-state index contributed by atoms with van der Waals surface area (Å²) < 4.78 is 0. The van der Waals surface area contributed by atoms with Crippen LogP contribution < -0.4 is 11.5 Å². The van der Waals surface area contributed by atoms with Gasteiger partial charge in [0, 0.05) is 33.6 Å². The highest BCUT2D eigenvalue weighted by Crippen LogP contribution is 2.14. The first-order chi connectivity index (χ1) is 20.6. The first-order valence-electron chi connectivity index (χ1n) is 13.6. The maximum atomic E-state index is 5.76. The van der Waals surface area contributed by atoms with Gasteiger partial charge in [0.1, 0.15) is 0 Å². The predicted octanol–water partition coefficient (Wildman–Crippen LogP) is 6.84. The largest absolute Gasteiger partial charge is 0.399 e. The second kappa shape index (κ2) is 13.8. The smallest absolute Gasteiger partial charge is 0.0314 e. The average molecular weight is 537 g/mol. The molecule has 5 aromatic carbocycles. The minimum absolute atomic E-state index is 0.779. The fraction of sp³-hybridized carbons (Fsp3) is 0.0500. The Hall–Kier alpha value is -6.06. The number of rotatable bonds is 4. The van der Waals surface area contributed by atoms with Crippen LogP contribution in [-0.2, 0) is 12.8 Å². The van der Waals surface area contributed by atoms with E-state index in [0.717, 1.165) is 46.5 Å². The van der Waals surface area contributed by atoms with E-state index in [-0.39, 0.29) is 0 Å². The van der Waals surface area contributed by atoms with Gasteiger partial charge in [-0.05, 0) is 132 Å². The SMILES string of the molecule is Nc1ccc(Cc2ccc(C#CC#Cc3ccc(C#CC#Cc4ccc(Cc5ccc(N)cc5)cc4)cc3)cc2)cc1. The molecule has 0 saturated carbocycles. The third-order valence-electron chi connectivity index (χ3n) is 6.52. The lowest BCUT2D eigenvalue weighted by molar-refractivity contribution is 1.19. The van der Waals surface area contributed by atoms with Gasteiger partial charge in [0.25, 0.3) is 0 Å². The van der Waals surface area contributed by atoms with Gasteiger partial charge < -0.3 is 11.5 Å². The number of hydrogen-bond donors (Lipinski definition) is 2. The molecule has 5 rings (SSSR count). The van der Waals surface area contributed by atoms with Gasteiger partial charge in [0.2, 0.25) is 0 Å². The summed E-state index contributed by atoms with van der Waals surface area (Å²) in [4.78, 5) is 0. The van der Waals surface area contributed by atoms with Crippen LogP contribution in [0.2, 0.25) is 0 Å². The van der Waals surface area contributed by atoms with Crippen LogP contribution in [0.1, 0.15) is 44.5 Å². The molecule has 42 heavy (non-hydrogen) atoms. The highest BCUT2D eigenvalue weighted by Gasteiger charge is 1.98. The second-order valence-electron chi connectivity index (χ2n) is 9.81. The zero-order valence-corrected chi connectivity index (χ0v) is 23.1. The molecule has 0 atom stereocenters. The highest BCUT2D eigenvalue weighted by molar-refractivity contribution is 5.49. The molecule has 0 aliphatic rings. The molecule has 0 spiro atoms. The van der Waals surface area contributed by atoms with Gasteiger partial charge in [-0.3, -0.25) is 0 Å². The summed E-state index contributed by atoms with van der Waals surface area (Å²) >= 11 is 0. The molecular weight excluding hydrogens is 508 g/mol. The molecule has 2 heteroatoms. The molecule has 0 unspecified atom stereocenters.